The first-order chi connectivity index (χ1) is 11.7. The molecule has 0 unspecified atom stereocenters. The highest BCUT2D eigenvalue weighted by molar-refractivity contribution is 5.66. The molecule has 4 atom stereocenters. The maximum Gasteiger partial charge on any atom is 0.303 e. The van der Waals surface area contributed by atoms with Crippen LogP contribution in [0, 0.1) is 11.8 Å². The first kappa shape index (κ1) is 19.2. The second-order valence-electron chi connectivity index (χ2n) is 7.39. The maximum atomic E-state index is 10.5. The number of allylic oxidation sites excluding steroid dienone is 3. The molecule has 2 fully saturated rings. The summed E-state index contributed by atoms with van der Waals surface area (Å²) in [5.74, 6) is 0.734. The molecule has 0 aromatic carbocycles. The highest BCUT2D eigenvalue weighted by Gasteiger charge is 2.47. The summed E-state index contributed by atoms with van der Waals surface area (Å²) in [6, 6.07) is 0. The van der Waals surface area contributed by atoms with Gasteiger partial charge < -0.3 is 9.84 Å². The molecule has 2 bridgehead atoms. The fraction of sp³-hybridized carbons (Fsp3) is 0.762. The maximum absolute atomic E-state index is 10.5. The highest BCUT2D eigenvalue weighted by Crippen LogP contribution is 2.47. The van der Waals surface area contributed by atoms with Gasteiger partial charge >= 0.3 is 5.97 Å². The van der Waals surface area contributed by atoms with Crippen molar-refractivity contribution in [1.29, 1.82) is 0 Å². The average molecular weight is 335 g/mol. The lowest BCUT2D eigenvalue weighted by Crippen LogP contribution is -2.26. The van der Waals surface area contributed by atoms with Crippen LogP contribution in [0.2, 0.25) is 0 Å². The van der Waals surface area contributed by atoms with E-state index in [-0.39, 0.29) is 6.42 Å². The molecule has 0 radical (unpaired) electrons. The lowest BCUT2D eigenvalue weighted by Gasteiger charge is -2.27. The Morgan fingerprint density at radius 3 is 2.50 bits per heavy atom. The summed E-state index contributed by atoms with van der Waals surface area (Å²) in [6.07, 6.45) is 20.6. The number of carboxylic acids is 1. The molecule has 2 heterocycles. The number of carbonyl (C=O) groups is 1. The fourth-order valence-corrected chi connectivity index (χ4v) is 4.36. The molecule has 0 spiro atoms. The molecule has 0 amide bonds. The molecule has 0 aromatic heterocycles. The van der Waals surface area contributed by atoms with E-state index in [1.54, 1.807) is 0 Å². The van der Waals surface area contributed by atoms with Gasteiger partial charge in [-0.2, -0.15) is 0 Å². The smallest absolute Gasteiger partial charge is 0.303 e. The monoisotopic (exact) mass is 334 g/mol. The van der Waals surface area contributed by atoms with Crippen molar-refractivity contribution < 1.29 is 14.6 Å². The SMILES string of the molecule is C=CCCCCCC[C@@H]1[C@H](CC=CCCCC(=O)O)[C@@H]2CC[C@H]1O2. The first-order valence-electron chi connectivity index (χ1n) is 9.85. The molecule has 24 heavy (non-hydrogen) atoms. The van der Waals surface area contributed by atoms with Gasteiger partial charge in [0.2, 0.25) is 0 Å². The highest BCUT2D eigenvalue weighted by atomic mass is 16.5. The van der Waals surface area contributed by atoms with Gasteiger partial charge in [0.15, 0.2) is 0 Å². The van der Waals surface area contributed by atoms with Gasteiger partial charge in [0.25, 0.3) is 0 Å². The summed E-state index contributed by atoms with van der Waals surface area (Å²) >= 11 is 0. The van der Waals surface area contributed by atoms with Crippen LogP contribution < -0.4 is 0 Å². The summed E-state index contributed by atoms with van der Waals surface area (Å²) in [7, 11) is 0. The van der Waals surface area contributed by atoms with Crippen molar-refractivity contribution in [2.75, 3.05) is 0 Å². The van der Waals surface area contributed by atoms with Crippen molar-refractivity contribution in [3.05, 3.63) is 24.8 Å². The number of rotatable bonds is 13. The standard InChI is InChI=1S/C21H34O3/c1-2-3-4-5-6-9-12-17-18(20-16-15-19(17)24-20)13-10-7-8-11-14-21(22)23/h2,7,10,17-20H,1,3-6,8-9,11-16H2,(H,22,23)/t17-,18+,19-,20+/m1/s1. The largest absolute Gasteiger partial charge is 0.481 e. The summed E-state index contributed by atoms with van der Waals surface area (Å²) in [6.45, 7) is 3.78. The predicted octanol–water partition coefficient (Wildman–Crippen LogP) is 5.51. The van der Waals surface area contributed by atoms with E-state index < -0.39 is 5.97 Å². The van der Waals surface area contributed by atoms with Crippen molar-refractivity contribution in [2.24, 2.45) is 11.8 Å². The van der Waals surface area contributed by atoms with Gasteiger partial charge in [0.1, 0.15) is 0 Å². The van der Waals surface area contributed by atoms with Gasteiger partial charge in [0, 0.05) is 6.42 Å². The van der Waals surface area contributed by atoms with Crippen LogP contribution in [0.15, 0.2) is 24.8 Å². The molecule has 2 aliphatic rings. The first-order valence-corrected chi connectivity index (χ1v) is 9.85. The molecule has 2 rings (SSSR count). The van der Waals surface area contributed by atoms with E-state index in [9.17, 15) is 4.79 Å². The molecule has 0 saturated carbocycles. The Morgan fingerprint density at radius 2 is 1.75 bits per heavy atom. The number of fused-ring (bicyclic) bond motifs is 2. The minimum atomic E-state index is -0.696. The normalized spacial score (nSPS) is 28.7. The molecular formula is C21H34O3. The second-order valence-corrected chi connectivity index (χ2v) is 7.39. The zero-order valence-electron chi connectivity index (χ0n) is 15.0. The minimum absolute atomic E-state index is 0.274. The van der Waals surface area contributed by atoms with Gasteiger partial charge in [-0.3, -0.25) is 4.79 Å². The molecule has 2 saturated heterocycles. The van der Waals surface area contributed by atoms with Crippen LogP contribution >= 0.6 is 0 Å². The Labute approximate surface area is 147 Å². The van der Waals surface area contributed by atoms with Gasteiger partial charge in [-0.05, 0) is 63.2 Å². The van der Waals surface area contributed by atoms with Crippen molar-refractivity contribution in [3.63, 3.8) is 0 Å². The number of aliphatic carboxylic acids is 1. The van der Waals surface area contributed by atoms with Crippen LogP contribution in [0.4, 0.5) is 0 Å². The summed E-state index contributed by atoms with van der Waals surface area (Å²) < 4.78 is 6.18. The lowest BCUT2D eigenvalue weighted by atomic mass is 9.75. The van der Waals surface area contributed by atoms with E-state index in [0.29, 0.717) is 18.1 Å². The van der Waals surface area contributed by atoms with Crippen LogP contribution in [-0.2, 0) is 9.53 Å². The Morgan fingerprint density at radius 1 is 1.00 bits per heavy atom. The van der Waals surface area contributed by atoms with Crippen molar-refractivity contribution in [3.8, 4) is 0 Å². The van der Waals surface area contributed by atoms with Crippen molar-refractivity contribution in [1.82, 2.24) is 0 Å². The topological polar surface area (TPSA) is 46.5 Å². The Bertz CT molecular complexity index is 415. The Balaban J connectivity index is 1.66. The van der Waals surface area contributed by atoms with Gasteiger partial charge in [-0.15, -0.1) is 6.58 Å². The molecule has 0 aliphatic carbocycles. The van der Waals surface area contributed by atoms with Gasteiger partial charge in [0.05, 0.1) is 12.2 Å². The second kappa shape index (κ2) is 10.7. The zero-order chi connectivity index (χ0) is 17.2. The third kappa shape index (κ3) is 6.08. The van der Waals surface area contributed by atoms with Crippen LogP contribution in [0.5, 0.6) is 0 Å². The molecule has 0 aromatic rings. The van der Waals surface area contributed by atoms with Crippen LogP contribution in [-0.4, -0.2) is 23.3 Å². The lowest BCUT2D eigenvalue weighted by molar-refractivity contribution is -0.137. The molecule has 3 nitrogen and oxygen atoms in total. The van der Waals surface area contributed by atoms with E-state index in [1.807, 2.05) is 6.08 Å². The molecule has 136 valence electrons. The molecular weight excluding hydrogens is 300 g/mol. The number of carboxylic acid groups (broad SMARTS) is 1. The third-order valence-electron chi connectivity index (χ3n) is 5.62. The number of unbranched alkanes of at least 4 members (excludes halogenated alkanes) is 5. The Hall–Kier alpha value is -1.09. The van der Waals surface area contributed by atoms with Gasteiger partial charge in [-0.1, -0.05) is 37.5 Å². The van der Waals surface area contributed by atoms with Crippen LogP contribution in [0.25, 0.3) is 0 Å². The average Bonchev–Trinajstić information content (AvgIpc) is 3.15. The molecule has 3 heteroatoms. The van der Waals surface area contributed by atoms with Crippen LogP contribution in [0.3, 0.4) is 0 Å². The molecule has 2 aliphatic heterocycles. The van der Waals surface area contributed by atoms with E-state index in [4.69, 9.17) is 9.84 Å². The van der Waals surface area contributed by atoms with E-state index >= 15 is 0 Å². The molecule has 1 N–H and O–H groups in total. The number of hydrogen-bond acceptors (Lipinski definition) is 2. The summed E-state index contributed by atoms with van der Waals surface area (Å²) in [5, 5.41) is 8.65. The number of hydrogen-bond donors (Lipinski definition) is 1. The predicted molar refractivity (Wildman–Crippen MR) is 98.0 cm³/mol. The van der Waals surface area contributed by atoms with E-state index in [1.165, 1.54) is 44.9 Å². The van der Waals surface area contributed by atoms with Crippen LogP contribution in [0.1, 0.15) is 77.0 Å². The summed E-state index contributed by atoms with van der Waals surface area (Å²) in [4.78, 5) is 10.5. The van der Waals surface area contributed by atoms with E-state index in [2.05, 4.69) is 18.7 Å². The Kier molecular flexibility index (Phi) is 8.58. The zero-order valence-corrected chi connectivity index (χ0v) is 15.0. The quantitative estimate of drug-likeness (QED) is 0.357. The summed E-state index contributed by atoms with van der Waals surface area (Å²) in [5.41, 5.74) is 0. The minimum Gasteiger partial charge on any atom is -0.481 e. The van der Waals surface area contributed by atoms with E-state index in [0.717, 1.165) is 31.6 Å². The fourth-order valence-electron chi connectivity index (χ4n) is 4.36. The third-order valence-corrected chi connectivity index (χ3v) is 5.62. The van der Waals surface area contributed by atoms with Gasteiger partial charge in [-0.25, -0.2) is 0 Å². The van der Waals surface area contributed by atoms with Crippen molar-refractivity contribution in [2.45, 2.75) is 89.3 Å². The number of ether oxygens (including phenoxy) is 1. The van der Waals surface area contributed by atoms with Crippen molar-refractivity contribution >= 4 is 5.97 Å².